The highest BCUT2D eigenvalue weighted by Gasteiger charge is 2.16. The largest absolute Gasteiger partial charge is 0.493 e. The van der Waals surface area contributed by atoms with E-state index in [1.807, 2.05) is 12.1 Å². The summed E-state index contributed by atoms with van der Waals surface area (Å²) in [4.78, 5) is 25.7. The Labute approximate surface area is 164 Å². The maximum atomic E-state index is 12.4. The van der Waals surface area contributed by atoms with Crippen LogP contribution in [0, 0.1) is 0 Å². The van der Waals surface area contributed by atoms with E-state index in [1.54, 1.807) is 39.7 Å². The average Bonchev–Trinajstić information content (AvgIpc) is 3.23. The predicted octanol–water partition coefficient (Wildman–Crippen LogP) is 2.01. The Morgan fingerprint density at radius 1 is 1.11 bits per heavy atom. The lowest BCUT2D eigenvalue weighted by atomic mass is 10.1. The van der Waals surface area contributed by atoms with Gasteiger partial charge in [0.1, 0.15) is 5.76 Å². The average molecular weight is 390 g/mol. The first-order valence-corrected chi connectivity index (χ1v) is 8.80. The van der Waals surface area contributed by atoms with Crippen molar-refractivity contribution in [2.45, 2.75) is 19.4 Å². The van der Waals surface area contributed by atoms with Gasteiger partial charge >= 0.3 is 0 Å². The van der Waals surface area contributed by atoms with Crippen LogP contribution in [0.25, 0.3) is 0 Å². The Morgan fingerprint density at radius 3 is 2.32 bits per heavy atom. The normalized spacial score (nSPS) is 10.3. The molecule has 1 N–H and O–H groups in total. The number of hydrogen-bond acceptors (Lipinski definition) is 6. The van der Waals surface area contributed by atoms with Crippen molar-refractivity contribution >= 4 is 11.8 Å². The second-order valence-electron chi connectivity index (χ2n) is 6.14. The fourth-order valence-electron chi connectivity index (χ4n) is 2.68. The molecule has 2 aromatic rings. The van der Waals surface area contributed by atoms with Crippen molar-refractivity contribution in [1.82, 2.24) is 10.2 Å². The van der Waals surface area contributed by atoms with E-state index in [0.29, 0.717) is 36.0 Å². The summed E-state index contributed by atoms with van der Waals surface area (Å²) < 4.78 is 21.1. The summed E-state index contributed by atoms with van der Waals surface area (Å²) in [5.74, 6) is 1.85. The third kappa shape index (κ3) is 5.67. The fourth-order valence-corrected chi connectivity index (χ4v) is 2.68. The topological polar surface area (TPSA) is 90.2 Å². The Hall–Kier alpha value is -3.16. The zero-order chi connectivity index (χ0) is 20.5. The molecule has 8 nitrogen and oxygen atoms in total. The van der Waals surface area contributed by atoms with Crippen molar-refractivity contribution in [3.8, 4) is 17.2 Å². The number of nitrogens with one attached hydrogen (secondary N) is 1. The number of amides is 2. The predicted molar refractivity (Wildman–Crippen MR) is 103 cm³/mol. The van der Waals surface area contributed by atoms with Gasteiger partial charge in [-0.05, 0) is 36.2 Å². The molecule has 1 aromatic carbocycles. The fraction of sp³-hybridized carbons (Fsp3) is 0.400. The molecule has 0 saturated carbocycles. The molecular weight excluding hydrogens is 364 g/mol. The molecular formula is C20H26N2O6. The van der Waals surface area contributed by atoms with E-state index >= 15 is 0 Å². The van der Waals surface area contributed by atoms with Gasteiger partial charge in [-0.3, -0.25) is 9.59 Å². The van der Waals surface area contributed by atoms with Crippen LogP contribution in [-0.2, 0) is 22.6 Å². The summed E-state index contributed by atoms with van der Waals surface area (Å²) in [5.41, 5.74) is 0.874. The first-order chi connectivity index (χ1) is 13.5. The molecule has 0 radical (unpaired) electrons. The number of carbonyl (C=O) groups excluding carboxylic acids is 2. The van der Waals surface area contributed by atoms with Crippen molar-refractivity contribution in [1.29, 1.82) is 0 Å². The molecule has 0 aliphatic carbocycles. The molecule has 0 unspecified atom stereocenters. The molecule has 28 heavy (non-hydrogen) atoms. The van der Waals surface area contributed by atoms with Crippen molar-refractivity contribution in [2.24, 2.45) is 0 Å². The van der Waals surface area contributed by atoms with Crippen LogP contribution in [-0.4, -0.2) is 51.6 Å². The molecule has 0 bridgehead atoms. The number of rotatable bonds is 10. The maximum Gasteiger partial charge on any atom is 0.239 e. The zero-order valence-electron chi connectivity index (χ0n) is 16.6. The monoisotopic (exact) mass is 390 g/mol. The lowest BCUT2D eigenvalue weighted by Crippen LogP contribution is -2.38. The van der Waals surface area contributed by atoms with Gasteiger partial charge in [-0.2, -0.15) is 0 Å². The number of carbonyl (C=O) groups is 2. The molecule has 0 aliphatic heterocycles. The van der Waals surface area contributed by atoms with E-state index in [4.69, 9.17) is 18.6 Å². The number of likely N-dealkylation sites (N-methyl/N-ethyl adjacent to an activating group) is 1. The van der Waals surface area contributed by atoms with Gasteiger partial charge in [-0.25, -0.2) is 0 Å². The van der Waals surface area contributed by atoms with Gasteiger partial charge in [0.15, 0.2) is 11.5 Å². The summed E-state index contributed by atoms with van der Waals surface area (Å²) in [7, 11) is 6.22. The highest BCUT2D eigenvalue weighted by atomic mass is 16.5. The van der Waals surface area contributed by atoms with Gasteiger partial charge in [-0.1, -0.05) is 0 Å². The molecule has 2 amide bonds. The lowest BCUT2D eigenvalue weighted by Gasteiger charge is -2.17. The Balaban J connectivity index is 1.87. The molecule has 0 fully saturated rings. The smallest absolute Gasteiger partial charge is 0.239 e. The van der Waals surface area contributed by atoms with E-state index in [2.05, 4.69) is 5.32 Å². The van der Waals surface area contributed by atoms with Crippen LogP contribution in [0.15, 0.2) is 34.9 Å². The molecule has 0 atom stereocenters. The van der Waals surface area contributed by atoms with Crippen LogP contribution in [0.2, 0.25) is 0 Å². The first kappa shape index (κ1) is 21.1. The summed E-state index contributed by atoms with van der Waals surface area (Å²) in [5, 5.41) is 2.71. The SMILES string of the molecule is COc1cc(CCC(=O)N(C)CC(=O)NCc2ccco2)cc(OC)c1OC. The summed E-state index contributed by atoms with van der Waals surface area (Å²) in [6.45, 7) is 0.272. The quantitative estimate of drug-likeness (QED) is 0.667. The van der Waals surface area contributed by atoms with Crippen LogP contribution in [0.4, 0.5) is 0 Å². The Morgan fingerprint density at radius 2 is 1.79 bits per heavy atom. The van der Waals surface area contributed by atoms with E-state index in [1.165, 1.54) is 12.0 Å². The molecule has 0 saturated heterocycles. The van der Waals surface area contributed by atoms with E-state index in [9.17, 15) is 9.59 Å². The van der Waals surface area contributed by atoms with Gasteiger partial charge in [0.2, 0.25) is 17.6 Å². The minimum Gasteiger partial charge on any atom is -0.493 e. The van der Waals surface area contributed by atoms with Gasteiger partial charge in [0, 0.05) is 13.5 Å². The van der Waals surface area contributed by atoms with Gasteiger partial charge in [0.05, 0.1) is 40.7 Å². The number of hydrogen-bond donors (Lipinski definition) is 1. The van der Waals surface area contributed by atoms with Crippen LogP contribution in [0.5, 0.6) is 17.2 Å². The second-order valence-corrected chi connectivity index (χ2v) is 6.14. The van der Waals surface area contributed by atoms with E-state index in [0.717, 1.165) is 5.56 Å². The van der Waals surface area contributed by atoms with Crippen LogP contribution < -0.4 is 19.5 Å². The molecule has 2 rings (SSSR count). The third-order valence-electron chi connectivity index (χ3n) is 4.20. The maximum absolute atomic E-state index is 12.4. The number of methoxy groups -OCH3 is 3. The molecule has 0 spiro atoms. The van der Waals surface area contributed by atoms with Gasteiger partial charge in [0.25, 0.3) is 0 Å². The number of aryl methyl sites for hydroxylation is 1. The van der Waals surface area contributed by atoms with E-state index < -0.39 is 0 Å². The van der Waals surface area contributed by atoms with Crippen LogP contribution >= 0.6 is 0 Å². The standard InChI is InChI=1S/C20H26N2O6/c1-22(13-18(23)21-12-15-6-5-9-28-15)19(24)8-7-14-10-16(25-2)20(27-4)17(11-14)26-3/h5-6,9-11H,7-8,12-13H2,1-4H3,(H,21,23). The Bertz CT molecular complexity index is 763. The highest BCUT2D eigenvalue weighted by Crippen LogP contribution is 2.38. The van der Waals surface area contributed by atoms with Crippen molar-refractivity contribution < 1.29 is 28.2 Å². The summed E-state index contributed by atoms with van der Waals surface area (Å²) in [6, 6.07) is 7.14. The molecule has 1 aromatic heterocycles. The van der Waals surface area contributed by atoms with Gasteiger partial charge < -0.3 is 28.8 Å². The van der Waals surface area contributed by atoms with Crippen molar-refractivity contribution in [2.75, 3.05) is 34.9 Å². The number of furan rings is 1. The van der Waals surface area contributed by atoms with Crippen LogP contribution in [0.3, 0.4) is 0 Å². The minimum atomic E-state index is -0.250. The third-order valence-corrected chi connectivity index (χ3v) is 4.20. The van der Waals surface area contributed by atoms with Crippen molar-refractivity contribution in [3.05, 3.63) is 41.9 Å². The zero-order valence-corrected chi connectivity index (χ0v) is 16.6. The molecule has 0 aliphatic rings. The summed E-state index contributed by atoms with van der Waals surface area (Å²) >= 11 is 0. The lowest BCUT2D eigenvalue weighted by molar-refractivity contribution is -0.134. The number of ether oxygens (including phenoxy) is 3. The van der Waals surface area contributed by atoms with Crippen molar-refractivity contribution in [3.63, 3.8) is 0 Å². The minimum absolute atomic E-state index is 0.0191. The number of benzene rings is 1. The second kappa shape index (κ2) is 10.2. The summed E-state index contributed by atoms with van der Waals surface area (Å²) in [6.07, 6.45) is 2.27. The molecule has 8 heteroatoms. The number of nitrogens with zero attached hydrogens (tertiary/aromatic N) is 1. The Kier molecular flexibility index (Phi) is 7.74. The molecule has 152 valence electrons. The van der Waals surface area contributed by atoms with Crippen LogP contribution in [0.1, 0.15) is 17.7 Å². The highest BCUT2D eigenvalue weighted by molar-refractivity contribution is 5.84. The van der Waals surface area contributed by atoms with Gasteiger partial charge in [-0.15, -0.1) is 0 Å². The first-order valence-electron chi connectivity index (χ1n) is 8.80. The molecule has 1 heterocycles. The van der Waals surface area contributed by atoms with E-state index in [-0.39, 0.29) is 24.8 Å².